The van der Waals surface area contributed by atoms with Gasteiger partial charge in [0.2, 0.25) is 5.91 Å². The molecule has 3 saturated heterocycles. The van der Waals surface area contributed by atoms with Crippen LogP contribution >= 0.6 is 0 Å². The molecule has 8 nitrogen and oxygen atoms in total. The molecular weight excluding hydrogens is 368 g/mol. The number of hydrogen-bond acceptors (Lipinski definition) is 4. The van der Waals surface area contributed by atoms with Crippen LogP contribution in [0.4, 0.5) is 0 Å². The Bertz CT molecular complexity index is 838. The molecule has 4 atom stereocenters. The largest absolute Gasteiger partial charge is 0.496 e. The van der Waals surface area contributed by atoms with Crippen molar-refractivity contribution >= 4 is 5.91 Å². The predicted molar refractivity (Wildman–Crippen MR) is 107 cm³/mol. The van der Waals surface area contributed by atoms with Crippen LogP contribution in [0.3, 0.4) is 0 Å². The van der Waals surface area contributed by atoms with Crippen molar-refractivity contribution in [2.24, 2.45) is 11.8 Å². The van der Waals surface area contributed by atoms with Crippen molar-refractivity contribution in [1.29, 1.82) is 0 Å². The Morgan fingerprint density at radius 3 is 3.03 bits per heavy atom. The molecule has 29 heavy (non-hydrogen) atoms. The number of quaternary nitrogens is 2. The number of hydrogen-bond donors (Lipinski definition) is 3. The third kappa shape index (κ3) is 4.43. The van der Waals surface area contributed by atoms with Gasteiger partial charge in [-0.15, -0.1) is 5.10 Å². The number of nitrogens with two attached hydrogens (primary N) is 1. The van der Waals surface area contributed by atoms with Gasteiger partial charge in [0.1, 0.15) is 24.0 Å². The second kappa shape index (κ2) is 8.92. The van der Waals surface area contributed by atoms with Gasteiger partial charge in [0, 0.05) is 24.9 Å². The van der Waals surface area contributed by atoms with Gasteiger partial charge in [0.05, 0.1) is 45.9 Å². The van der Waals surface area contributed by atoms with Crippen LogP contribution in [0.15, 0.2) is 30.5 Å². The van der Waals surface area contributed by atoms with Crippen LogP contribution < -0.4 is 20.3 Å². The Hall–Kier alpha value is -2.45. The zero-order chi connectivity index (χ0) is 20.2. The molecule has 0 aliphatic carbocycles. The maximum absolute atomic E-state index is 12.9. The van der Waals surface area contributed by atoms with Crippen molar-refractivity contribution in [3.63, 3.8) is 0 Å². The first-order valence-corrected chi connectivity index (χ1v) is 10.6. The van der Waals surface area contributed by atoms with Crippen LogP contribution in [-0.4, -0.2) is 54.2 Å². The minimum Gasteiger partial charge on any atom is -0.496 e. The summed E-state index contributed by atoms with van der Waals surface area (Å²) in [5.41, 5.74) is 2.04. The van der Waals surface area contributed by atoms with E-state index in [0.717, 1.165) is 56.0 Å². The number of benzene rings is 1. The third-order valence-corrected chi connectivity index (χ3v) is 6.44. The molecular formula is C21H32N6O2+2. The molecule has 3 aliphatic heterocycles. The van der Waals surface area contributed by atoms with Gasteiger partial charge in [-0.05, 0) is 12.0 Å². The lowest BCUT2D eigenvalue weighted by atomic mass is 9.75. The first-order chi connectivity index (χ1) is 14.2. The van der Waals surface area contributed by atoms with E-state index in [1.165, 1.54) is 4.90 Å². The average Bonchev–Trinajstić information content (AvgIpc) is 3.19. The van der Waals surface area contributed by atoms with E-state index < -0.39 is 0 Å². The predicted octanol–water partition coefficient (Wildman–Crippen LogP) is -1.41. The van der Waals surface area contributed by atoms with Crippen LogP contribution in [-0.2, 0) is 24.4 Å². The molecule has 2 aromatic rings. The Balaban J connectivity index is 1.33. The molecule has 1 unspecified atom stereocenters. The van der Waals surface area contributed by atoms with Crippen LogP contribution in [0.2, 0.25) is 0 Å². The summed E-state index contributed by atoms with van der Waals surface area (Å²) >= 11 is 0. The smallest absolute Gasteiger partial charge is 0.229 e. The summed E-state index contributed by atoms with van der Waals surface area (Å²) in [6, 6.07) is 8.37. The number of fused-ring (bicyclic) bond motifs is 3. The fourth-order valence-corrected chi connectivity index (χ4v) is 4.94. The number of amides is 1. The quantitative estimate of drug-likeness (QED) is 0.508. The number of aromatic nitrogens is 3. The zero-order valence-electron chi connectivity index (χ0n) is 17.3. The number of carbonyl (C=O) groups excluding carboxylic acids is 1. The van der Waals surface area contributed by atoms with Crippen molar-refractivity contribution in [3.05, 3.63) is 41.7 Å². The second-order valence-electron chi connectivity index (χ2n) is 8.27. The number of methoxy groups -OCH3 is 1. The molecule has 1 amide bonds. The van der Waals surface area contributed by atoms with Crippen molar-refractivity contribution < 1.29 is 19.7 Å². The van der Waals surface area contributed by atoms with Crippen LogP contribution in [0, 0.1) is 11.8 Å². The van der Waals surface area contributed by atoms with E-state index in [1.807, 2.05) is 36.0 Å². The minimum atomic E-state index is 0.103. The molecule has 8 heteroatoms. The van der Waals surface area contributed by atoms with Crippen LogP contribution in [0.5, 0.6) is 5.75 Å². The van der Waals surface area contributed by atoms with Crippen molar-refractivity contribution in [1.82, 2.24) is 20.3 Å². The highest BCUT2D eigenvalue weighted by atomic mass is 16.5. The lowest BCUT2D eigenvalue weighted by molar-refractivity contribution is -0.945. The Morgan fingerprint density at radius 1 is 1.41 bits per heavy atom. The summed E-state index contributed by atoms with van der Waals surface area (Å²) in [6.45, 7) is 4.32. The van der Waals surface area contributed by atoms with E-state index in [-0.39, 0.29) is 11.8 Å². The third-order valence-electron chi connectivity index (χ3n) is 6.44. The first kappa shape index (κ1) is 19.8. The number of rotatable bonds is 8. The van der Waals surface area contributed by atoms with Crippen molar-refractivity contribution in [2.45, 2.75) is 38.5 Å². The van der Waals surface area contributed by atoms with Gasteiger partial charge in [-0.25, -0.2) is 4.68 Å². The number of para-hydroxylation sites is 1. The normalized spacial score (nSPS) is 25.7. The fourth-order valence-electron chi connectivity index (χ4n) is 4.94. The lowest BCUT2D eigenvalue weighted by Gasteiger charge is -2.46. The van der Waals surface area contributed by atoms with Gasteiger partial charge in [-0.2, -0.15) is 0 Å². The van der Waals surface area contributed by atoms with Gasteiger partial charge in [-0.3, -0.25) is 4.79 Å². The molecule has 1 aromatic carbocycles. The maximum Gasteiger partial charge on any atom is 0.229 e. The molecule has 0 saturated carbocycles. The second-order valence-corrected chi connectivity index (χ2v) is 8.27. The standard InChI is InChI=1S/C21H30N6O2/c1-22-11-17-12-27(25-24-17)13-18-9-15-7-8-26(18)14-19(15)21(28)23-10-16-5-3-4-6-20(16)29-2/h3-6,12,15,18-19,22H,7-11,13-14H2,1-2H3,(H,23,28)/p+2/t15-,18+,19-/m0/s1. The summed E-state index contributed by atoms with van der Waals surface area (Å²) in [6.07, 6.45) is 4.27. The molecule has 0 spiro atoms. The highest BCUT2D eigenvalue weighted by molar-refractivity contribution is 5.79. The molecule has 2 bridgehead atoms. The van der Waals surface area contributed by atoms with Gasteiger partial charge >= 0.3 is 0 Å². The molecule has 4 heterocycles. The summed E-state index contributed by atoms with van der Waals surface area (Å²) in [4.78, 5) is 14.4. The molecule has 156 valence electrons. The summed E-state index contributed by atoms with van der Waals surface area (Å²) in [5, 5.41) is 13.8. The van der Waals surface area contributed by atoms with E-state index in [2.05, 4.69) is 27.1 Å². The molecule has 1 aromatic heterocycles. The molecule has 3 fully saturated rings. The Kier molecular flexibility index (Phi) is 6.10. The number of nitrogens with one attached hydrogen (secondary N) is 2. The Labute approximate surface area is 171 Å². The molecule has 5 rings (SSSR count). The monoisotopic (exact) mass is 400 g/mol. The maximum atomic E-state index is 12.9. The van der Waals surface area contributed by atoms with Crippen molar-refractivity contribution in [2.75, 3.05) is 27.2 Å². The first-order valence-electron chi connectivity index (χ1n) is 10.6. The summed E-state index contributed by atoms with van der Waals surface area (Å²) in [5.74, 6) is 1.56. The SMILES string of the molecule is C[NH2+]Cc1cn(C[C@H]2C[C@@H]3CC[NH+]2C[C@@H]3C(=O)NCc2ccccc2OC)nn1. The van der Waals surface area contributed by atoms with Gasteiger partial charge < -0.3 is 20.3 Å². The summed E-state index contributed by atoms with van der Waals surface area (Å²) < 4.78 is 7.37. The van der Waals surface area contributed by atoms with Crippen LogP contribution in [0.1, 0.15) is 24.1 Å². The number of nitrogens with zero attached hydrogens (tertiary/aromatic N) is 3. The van der Waals surface area contributed by atoms with E-state index in [4.69, 9.17) is 4.74 Å². The van der Waals surface area contributed by atoms with Gasteiger partial charge in [0.25, 0.3) is 0 Å². The van der Waals surface area contributed by atoms with E-state index in [9.17, 15) is 4.79 Å². The van der Waals surface area contributed by atoms with E-state index >= 15 is 0 Å². The minimum absolute atomic E-state index is 0.103. The Morgan fingerprint density at radius 2 is 2.28 bits per heavy atom. The van der Waals surface area contributed by atoms with Crippen molar-refractivity contribution in [3.8, 4) is 5.75 Å². The highest BCUT2D eigenvalue weighted by Gasteiger charge is 2.46. The molecule has 3 aliphatic rings. The lowest BCUT2D eigenvalue weighted by Crippen LogP contribution is -3.20. The topological polar surface area (TPSA) is 90.1 Å². The van der Waals surface area contributed by atoms with E-state index in [1.54, 1.807) is 7.11 Å². The molecule has 0 radical (unpaired) electrons. The zero-order valence-corrected chi connectivity index (χ0v) is 17.3. The number of ether oxygens (including phenoxy) is 1. The fraction of sp³-hybridized carbons (Fsp3) is 0.571. The highest BCUT2D eigenvalue weighted by Crippen LogP contribution is 2.28. The number of carbonyl (C=O) groups is 1. The van der Waals surface area contributed by atoms with Gasteiger partial charge in [0.15, 0.2) is 0 Å². The van der Waals surface area contributed by atoms with E-state index in [0.29, 0.717) is 18.5 Å². The van der Waals surface area contributed by atoms with Crippen LogP contribution in [0.25, 0.3) is 0 Å². The molecule has 4 N–H and O–H groups in total. The number of piperidine rings is 3. The van der Waals surface area contributed by atoms with Gasteiger partial charge in [-0.1, -0.05) is 23.4 Å². The summed E-state index contributed by atoms with van der Waals surface area (Å²) in [7, 11) is 3.70. The average molecular weight is 401 g/mol.